The van der Waals surface area contributed by atoms with Gasteiger partial charge in [-0.2, -0.15) is 0 Å². The largest absolute Gasteiger partial charge is 0.486 e. The van der Waals surface area contributed by atoms with E-state index in [0.29, 0.717) is 23.5 Å². The second-order valence-corrected chi connectivity index (χ2v) is 4.83. The normalized spacial score (nSPS) is 11.1. The first-order chi connectivity index (χ1) is 7.83. The summed E-state index contributed by atoms with van der Waals surface area (Å²) in [5, 5.41) is 2.74. The summed E-state index contributed by atoms with van der Waals surface area (Å²) in [4.78, 5) is 11.7. The Kier molecular flexibility index (Phi) is 3.99. The predicted molar refractivity (Wildman–Crippen MR) is 69.2 cm³/mol. The number of nitrogen functional groups attached to an aromatic ring is 1. The van der Waals surface area contributed by atoms with Gasteiger partial charge in [-0.3, -0.25) is 4.79 Å². The number of carbonyl (C=O) groups is 1. The molecule has 0 fully saturated rings. The van der Waals surface area contributed by atoms with Crippen LogP contribution in [-0.4, -0.2) is 18.1 Å². The van der Waals surface area contributed by atoms with Gasteiger partial charge in [0.1, 0.15) is 11.4 Å². The van der Waals surface area contributed by atoms with Crippen molar-refractivity contribution in [1.82, 2.24) is 5.32 Å². The fourth-order valence-corrected chi connectivity index (χ4v) is 1.36. The van der Waals surface area contributed by atoms with E-state index in [1.165, 1.54) is 0 Å². The lowest BCUT2D eigenvalue weighted by atomic mass is 10.1. The van der Waals surface area contributed by atoms with Crippen LogP contribution in [0.3, 0.4) is 0 Å². The minimum atomic E-state index is -0.339. The molecule has 4 nitrogen and oxygen atoms in total. The predicted octanol–water partition coefficient (Wildman–Crippen LogP) is 2.20. The number of rotatable bonds is 3. The number of nitrogens with two attached hydrogens (primary N) is 1. The van der Waals surface area contributed by atoms with E-state index in [-0.39, 0.29) is 11.5 Å². The van der Waals surface area contributed by atoms with Gasteiger partial charge >= 0.3 is 0 Å². The maximum atomic E-state index is 11.7. The average molecular weight is 236 g/mol. The van der Waals surface area contributed by atoms with Gasteiger partial charge in [-0.1, -0.05) is 0 Å². The zero-order chi connectivity index (χ0) is 13.1. The highest BCUT2D eigenvalue weighted by Gasteiger charge is 2.15. The van der Waals surface area contributed by atoms with Crippen LogP contribution in [0, 0.1) is 0 Å². The third-order valence-electron chi connectivity index (χ3n) is 2.03. The second kappa shape index (κ2) is 5.08. The Labute approximate surface area is 102 Å². The number of hydrogen-bond donors (Lipinski definition) is 2. The van der Waals surface area contributed by atoms with E-state index >= 15 is 0 Å². The molecule has 0 atom stereocenters. The molecule has 0 bridgehead atoms. The zero-order valence-corrected chi connectivity index (χ0v) is 10.8. The minimum absolute atomic E-state index is 0.119. The lowest BCUT2D eigenvalue weighted by Gasteiger charge is -2.22. The number of nitrogens with one attached hydrogen (secondary N) is 1. The fourth-order valence-electron chi connectivity index (χ4n) is 1.36. The highest BCUT2D eigenvalue weighted by Crippen LogP contribution is 2.26. The summed E-state index contributed by atoms with van der Waals surface area (Å²) in [6.07, 6.45) is 0. The van der Waals surface area contributed by atoms with Crippen LogP contribution in [0.15, 0.2) is 18.2 Å². The van der Waals surface area contributed by atoms with Gasteiger partial charge in [-0.05, 0) is 45.9 Å². The molecular formula is C13H20N2O2. The molecule has 4 heteroatoms. The number of ether oxygens (including phenoxy) is 1. The molecule has 1 amide bonds. The molecule has 3 N–H and O–H groups in total. The number of anilines is 1. The summed E-state index contributed by atoms with van der Waals surface area (Å²) in [7, 11) is 0. The van der Waals surface area contributed by atoms with E-state index in [2.05, 4.69) is 5.32 Å². The number of benzene rings is 1. The smallest absolute Gasteiger partial charge is 0.251 e. The van der Waals surface area contributed by atoms with Crippen molar-refractivity contribution in [3.63, 3.8) is 0 Å². The van der Waals surface area contributed by atoms with Crippen LogP contribution in [0.5, 0.6) is 5.75 Å². The first-order valence-corrected chi connectivity index (χ1v) is 5.70. The summed E-state index contributed by atoms with van der Waals surface area (Å²) in [6, 6.07) is 5.05. The summed E-state index contributed by atoms with van der Waals surface area (Å²) in [5.74, 6) is 0.424. The summed E-state index contributed by atoms with van der Waals surface area (Å²) < 4.78 is 5.70. The Balaban J connectivity index is 2.98. The van der Waals surface area contributed by atoms with Crippen molar-refractivity contribution in [3.05, 3.63) is 23.8 Å². The Hall–Kier alpha value is -1.71. The topological polar surface area (TPSA) is 64.4 Å². The van der Waals surface area contributed by atoms with Gasteiger partial charge in [0.15, 0.2) is 0 Å². The summed E-state index contributed by atoms with van der Waals surface area (Å²) >= 11 is 0. The second-order valence-electron chi connectivity index (χ2n) is 4.83. The minimum Gasteiger partial charge on any atom is -0.486 e. The third kappa shape index (κ3) is 3.98. The summed E-state index contributed by atoms with van der Waals surface area (Å²) in [6.45, 7) is 8.28. The molecule has 0 aliphatic rings. The molecule has 0 heterocycles. The van der Waals surface area contributed by atoms with Gasteiger partial charge in [-0.15, -0.1) is 0 Å². The van der Waals surface area contributed by atoms with Crippen molar-refractivity contribution in [2.45, 2.75) is 33.3 Å². The average Bonchev–Trinajstić information content (AvgIpc) is 2.19. The molecule has 1 rings (SSSR count). The zero-order valence-electron chi connectivity index (χ0n) is 10.8. The van der Waals surface area contributed by atoms with Crippen LogP contribution in [0.2, 0.25) is 0 Å². The quantitative estimate of drug-likeness (QED) is 0.791. The van der Waals surface area contributed by atoms with Crippen molar-refractivity contribution >= 4 is 11.6 Å². The van der Waals surface area contributed by atoms with Gasteiger partial charge in [0, 0.05) is 12.1 Å². The van der Waals surface area contributed by atoms with Crippen LogP contribution in [0.4, 0.5) is 5.69 Å². The van der Waals surface area contributed by atoms with E-state index in [4.69, 9.17) is 10.5 Å². The molecule has 1 aromatic rings. The van der Waals surface area contributed by atoms with Gasteiger partial charge in [0.25, 0.3) is 5.91 Å². The molecular weight excluding hydrogens is 216 g/mol. The number of carbonyl (C=O) groups excluding carboxylic acids is 1. The van der Waals surface area contributed by atoms with Gasteiger partial charge in [0.05, 0.1) is 5.69 Å². The molecule has 17 heavy (non-hydrogen) atoms. The maximum Gasteiger partial charge on any atom is 0.251 e. The standard InChI is InChI=1S/C13H20N2O2/c1-5-15-12(16)9-6-7-10(14)11(8-9)17-13(2,3)4/h6-8H,5,14H2,1-4H3,(H,15,16). The fraction of sp³-hybridized carbons (Fsp3) is 0.462. The lowest BCUT2D eigenvalue weighted by molar-refractivity contribution is 0.0953. The van der Waals surface area contributed by atoms with E-state index in [1.807, 2.05) is 27.7 Å². The first kappa shape index (κ1) is 13.4. The van der Waals surface area contributed by atoms with Crippen molar-refractivity contribution in [3.8, 4) is 5.75 Å². The third-order valence-corrected chi connectivity index (χ3v) is 2.03. The molecule has 94 valence electrons. The Bertz CT molecular complexity index is 408. The Morgan fingerprint density at radius 1 is 1.41 bits per heavy atom. The molecule has 0 saturated heterocycles. The molecule has 0 spiro atoms. The van der Waals surface area contributed by atoms with E-state index < -0.39 is 0 Å². The number of hydrogen-bond acceptors (Lipinski definition) is 3. The van der Waals surface area contributed by atoms with E-state index in [1.54, 1.807) is 18.2 Å². The van der Waals surface area contributed by atoms with Gasteiger partial charge < -0.3 is 15.8 Å². The van der Waals surface area contributed by atoms with Gasteiger partial charge in [-0.25, -0.2) is 0 Å². The van der Waals surface area contributed by atoms with Crippen LogP contribution < -0.4 is 15.8 Å². The monoisotopic (exact) mass is 236 g/mol. The van der Waals surface area contributed by atoms with E-state index in [9.17, 15) is 4.79 Å². The van der Waals surface area contributed by atoms with Crippen molar-refractivity contribution in [2.24, 2.45) is 0 Å². The molecule has 0 radical (unpaired) electrons. The number of amides is 1. The summed E-state index contributed by atoms with van der Waals surface area (Å²) in [5.41, 5.74) is 6.57. The molecule has 0 unspecified atom stereocenters. The van der Waals surface area contributed by atoms with Crippen LogP contribution in [-0.2, 0) is 0 Å². The maximum absolute atomic E-state index is 11.7. The van der Waals surface area contributed by atoms with Crippen LogP contribution in [0.1, 0.15) is 38.1 Å². The molecule has 0 aliphatic carbocycles. The Morgan fingerprint density at radius 3 is 2.59 bits per heavy atom. The lowest BCUT2D eigenvalue weighted by Crippen LogP contribution is -2.25. The highest BCUT2D eigenvalue weighted by atomic mass is 16.5. The van der Waals surface area contributed by atoms with Crippen molar-refractivity contribution < 1.29 is 9.53 Å². The SMILES string of the molecule is CCNC(=O)c1ccc(N)c(OC(C)(C)C)c1. The van der Waals surface area contributed by atoms with Crippen LogP contribution in [0.25, 0.3) is 0 Å². The molecule has 1 aromatic carbocycles. The molecule has 0 saturated carbocycles. The van der Waals surface area contributed by atoms with Crippen LogP contribution >= 0.6 is 0 Å². The van der Waals surface area contributed by atoms with Gasteiger partial charge in [0.2, 0.25) is 0 Å². The molecule has 0 aromatic heterocycles. The van der Waals surface area contributed by atoms with E-state index in [0.717, 1.165) is 0 Å². The van der Waals surface area contributed by atoms with Crippen molar-refractivity contribution in [1.29, 1.82) is 0 Å². The first-order valence-electron chi connectivity index (χ1n) is 5.70. The Morgan fingerprint density at radius 2 is 2.06 bits per heavy atom. The molecule has 0 aliphatic heterocycles. The van der Waals surface area contributed by atoms with Crippen molar-refractivity contribution in [2.75, 3.05) is 12.3 Å². The highest BCUT2D eigenvalue weighted by molar-refractivity contribution is 5.95.